The molecule has 2 rings (SSSR count). The molecule has 0 aliphatic heterocycles. The first kappa shape index (κ1) is 17.3. The average molecular weight is 329 g/mol. The molecule has 0 spiro atoms. The summed E-state index contributed by atoms with van der Waals surface area (Å²) in [7, 11) is 0. The molecule has 6 nitrogen and oxygen atoms in total. The Kier molecular flexibility index (Phi) is 6.19. The van der Waals surface area contributed by atoms with Gasteiger partial charge < -0.3 is 19.9 Å². The SMILES string of the molecule is C[C@H](OC(=O)c1ccccc1OCCOc1ccccc1)C(N)=O. The van der Waals surface area contributed by atoms with Crippen LogP contribution in [0.25, 0.3) is 0 Å². The van der Waals surface area contributed by atoms with Crippen molar-refractivity contribution >= 4 is 11.9 Å². The summed E-state index contributed by atoms with van der Waals surface area (Å²) in [6.07, 6.45) is -1.01. The normalized spacial score (nSPS) is 11.4. The number of primary amides is 1. The van der Waals surface area contributed by atoms with Crippen LogP contribution in [0.2, 0.25) is 0 Å². The van der Waals surface area contributed by atoms with Crippen molar-refractivity contribution in [1.82, 2.24) is 0 Å². The van der Waals surface area contributed by atoms with Crippen molar-refractivity contribution in [2.24, 2.45) is 5.73 Å². The van der Waals surface area contributed by atoms with Crippen LogP contribution in [0.3, 0.4) is 0 Å². The summed E-state index contributed by atoms with van der Waals surface area (Å²) in [5, 5.41) is 0. The second kappa shape index (κ2) is 8.57. The Morgan fingerprint density at radius 1 is 0.958 bits per heavy atom. The van der Waals surface area contributed by atoms with E-state index in [1.807, 2.05) is 30.3 Å². The van der Waals surface area contributed by atoms with Crippen LogP contribution in [0.5, 0.6) is 11.5 Å². The number of carbonyl (C=O) groups is 2. The number of nitrogens with two attached hydrogens (primary N) is 1. The van der Waals surface area contributed by atoms with Gasteiger partial charge in [0.1, 0.15) is 30.3 Å². The van der Waals surface area contributed by atoms with Gasteiger partial charge in [0.15, 0.2) is 6.10 Å². The van der Waals surface area contributed by atoms with E-state index in [4.69, 9.17) is 19.9 Å². The first-order valence-corrected chi connectivity index (χ1v) is 7.48. The summed E-state index contributed by atoms with van der Waals surface area (Å²) in [5.41, 5.74) is 5.32. The Morgan fingerprint density at radius 3 is 2.29 bits per heavy atom. The molecule has 0 saturated heterocycles. The lowest BCUT2D eigenvalue weighted by atomic mass is 10.2. The standard InChI is InChI=1S/C18H19NO5/c1-13(17(19)20)24-18(21)15-9-5-6-10-16(15)23-12-11-22-14-7-3-2-4-8-14/h2-10,13H,11-12H2,1H3,(H2,19,20)/t13-/m0/s1. The van der Waals surface area contributed by atoms with Crippen molar-refractivity contribution in [3.63, 3.8) is 0 Å². The van der Waals surface area contributed by atoms with Gasteiger partial charge in [0, 0.05) is 0 Å². The zero-order valence-corrected chi connectivity index (χ0v) is 13.3. The molecular formula is C18H19NO5. The van der Waals surface area contributed by atoms with Crippen molar-refractivity contribution in [3.05, 3.63) is 60.2 Å². The van der Waals surface area contributed by atoms with Crippen LogP contribution >= 0.6 is 0 Å². The maximum Gasteiger partial charge on any atom is 0.342 e. The first-order valence-electron chi connectivity index (χ1n) is 7.48. The number of hydrogen-bond acceptors (Lipinski definition) is 5. The fraction of sp³-hybridized carbons (Fsp3) is 0.222. The third-order valence-electron chi connectivity index (χ3n) is 3.14. The van der Waals surface area contributed by atoms with Crippen LogP contribution in [0.15, 0.2) is 54.6 Å². The highest BCUT2D eigenvalue weighted by Gasteiger charge is 2.19. The number of esters is 1. The lowest BCUT2D eigenvalue weighted by molar-refractivity contribution is -0.125. The largest absolute Gasteiger partial charge is 0.490 e. The third-order valence-corrected chi connectivity index (χ3v) is 3.14. The van der Waals surface area contributed by atoms with Gasteiger partial charge in [0.05, 0.1) is 0 Å². The summed E-state index contributed by atoms with van der Waals surface area (Å²) in [6.45, 7) is 1.99. The summed E-state index contributed by atoms with van der Waals surface area (Å²) in [4.78, 5) is 23.1. The van der Waals surface area contributed by atoms with Gasteiger partial charge in [0.2, 0.25) is 0 Å². The summed E-state index contributed by atoms with van der Waals surface area (Å²) in [6, 6.07) is 16.0. The molecule has 0 aliphatic rings. The Balaban J connectivity index is 1.91. The summed E-state index contributed by atoms with van der Waals surface area (Å²) >= 11 is 0. The van der Waals surface area contributed by atoms with Gasteiger partial charge in [-0.15, -0.1) is 0 Å². The molecule has 2 aromatic carbocycles. The topological polar surface area (TPSA) is 87.8 Å². The van der Waals surface area contributed by atoms with Gasteiger partial charge >= 0.3 is 5.97 Å². The predicted octanol–water partition coefficient (Wildman–Crippen LogP) is 2.18. The van der Waals surface area contributed by atoms with Crippen LogP contribution in [-0.4, -0.2) is 31.2 Å². The minimum Gasteiger partial charge on any atom is -0.490 e. The number of carbonyl (C=O) groups excluding carboxylic acids is 2. The van der Waals surface area contributed by atoms with Crippen LogP contribution in [0.1, 0.15) is 17.3 Å². The monoisotopic (exact) mass is 329 g/mol. The van der Waals surface area contributed by atoms with Crippen LogP contribution in [0.4, 0.5) is 0 Å². The zero-order valence-electron chi connectivity index (χ0n) is 13.3. The maximum absolute atomic E-state index is 12.1. The molecule has 2 N–H and O–H groups in total. The highest BCUT2D eigenvalue weighted by molar-refractivity contribution is 5.94. The van der Waals surface area contributed by atoms with E-state index in [2.05, 4.69) is 0 Å². The zero-order chi connectivity index (χ0) is 17.4. The average Bonchev–Trinajstić information content (AvgIpc) is 2.59. The van der Waals surface area contributed by atoms with E-state index in [-0.39, 0.29) is 12.2 Å². The number of hydrogen-bond donors (Lipinski definition) is 1. The molecule has 0 saturated carbocycles. The van der Waals surface area contributed by atoms with E-state index in [0.717, 1.165) is 5.75 Å². The van der Waals surface area contributed by atoms with Gasteiger partial charge in [-0.1, -0.05) is 30.3 Å². The van der Waals surface area contributed by atoms with E-state index >= 15 is 0 Å². The highest BCUT2D eigenvalue weighted by atomic mass is 16.6. The Hall–Kier alpha value is -3.02. The van der Waals surface area contributed by atoms with Crippen LogP contribution in [0, 0.1) is 0 Å². The highest BCUT2D eigenvalue weighted by Crippen LogP contribution is 2.19. The maximum atomic E-state index is 12.1. The van der Waals surface area contributed by atoms with Gasteiger partial charge in [-0.2, -0.15) is 0 Å². The molecule has 1 amide bonds. The fourth-order valence-corrected chi connectivity index (χ4v) is 1.87. The second-order valence-corrected chi connectivity index (χ2v) is 4.96. The van der Waals surface area contributed by atoms with Crippen molar-refractivity contribution in [2.45, 2.75) is 13.0 Å². The van der Waals surface area contributed by atoms with Gasteiger partial charge in [0.25, 0.3) is 5.91 Å². The summed E-state index contributed by atoms with van der Waals surface area (Å²) in [5.74, 6) is -0.279. The molecule has 126 valence electrons. The van der Waals surface area contributed by atoms with Crippen molar-refractivity contribution < 1.29 is 23.8 Å². The van der Waals surface area contributed by atoms with Crippen molar-refractivity contribution in [3.8, 4) is 11.5 Å². The molecule has 24 heavy (non-hydrogen) atoms. The second-order valence-electron chi connectivity index (χ2n) is 4.96. The molecule has 0 unspecified atom stereocenters. The van der Waals surface area contributed by atoms with Crippen molar-refractivity contribution in [1.29, 1.82) is 0 Å². The number of ether oxygens (including phenoxy) is 3. The van der Waals surface area contributed by atoms with Gasteiger partial charge in [-0.05, 0) is 31.2 Å². The Bertz CT molecular complexity index is 687. The number of amides is 1. The van der Waals surface area contributed by atoms with E-state index in [0.29, 0.717) is 12.4 Å². The Morgan fingerprint density at radius 2 is 1.58 bits per heavy atom. The quantitative estimate of drug-likeness (QED) is 0.592. The molecule has 2 aromatic rings. The molecule has 0 fully saturated rings. The van der Waals surface area contributed by atoms with Gasteiger partial charge in [-0.3, -0.25) is 4.79 Å². The number of rotatable bonds is 8. The molecule has 0 heterocycles. The minimum atomic E-state index is -1.01. The molecule has 0 aliphatic carbocycles. The van der Waals surface area contributed by atoms with Crippen molar-refractivity contribution in [2.75, 3.05) is 13.2 Å². The van der Waals surface area contributed by atoms with Crippen LogP contribution in [-0.2, 0) is 9.53 Å². The fourth-order valence-electron chi connectivity index (χ4n) is 1.87. The molecule has 1 atom stereocenters. The molecule has 0 radical (unpaired) electrons. The smallest absolute Gasteiger partial charge is 0.342 e. The molecule has 0 bridgehead atoms. The van der Waals surface area contributed by atoms with E-state index in [1.165, 1.54) is 6.92 Å². The van der Waals surface area contributed by atoms with Crippen LogP contribution < -0.4 is 15.2 Å². The Labute approximate surface area is 140 Å². The molecule has 0 aromatic heterocycles. The molecule has 6 heteroatoms. The lowest BCUT2D eigenvalue weighted by Crippen LogP contribution is -2.30. The number of para-hydroxylation sites is 2. The first-order chi connectivity index (χ1) is 11.6. The lowest BCUT2D eigenvalue weighted by Gasteiger charge is -2.13. The van der Waals surface area contributed by atoms with Gasteiger partial charge in [-0.25, -0.2) is 4.79 Å². The predicted molar refractivity (Wildman–Crippen MR) is 87.9 cm³/mol. The summed E-state index contributed by atoms with van der Waals surface area (Å²) < 4.78 is 16.1. The molecular weight excluding hydrogens is 310 g/mol. The van der Waals surface area contributed by atoms with E-state index in [1.54, 1.807) is 24.3 Å². The van der Waals surface area contributed by atoms with E-state index < -0.39 is 18.0 Å². The van der Waals surface area contributed by atoms with E-state index in [9.17, 15) is 9.59 Å². The third kappa shape index (κ3) is 5.01. The minimum absolute atomic E-state index is 0.227. The number of benzene rings is 2.